The van der Waals surface area contributed by atoms with Crippen molar-refractivity contribution in [1.29, 1.82) is 0 Å². The highest BCUT2D eigenvalue weighted by molar-refractivity contribution is 6.36. The van der Waals surface area contributed by atoms with E-state index in [0.29, 0.717) is 12.0 Å². The average Bonchev–Trinajstić information content (AvgIpc) is 2.71. The predicted molar refractivity (Wildman–Crippen MR) is 46.8 cm³/mol. The van der Waals surface area contributed by atoms with Crippen molar-refractivity contribution in [3.05, 3.63) is 12.0 Å². The van der Waals surface area contributed by atoms with Gasteiger partial charge in [-0.2, -0.15) is 10.1 Å². The molecule has 0 spiro atoms. The van der Waals surface area contributed by atoms with Crippen LogP contribution in [0.25, 0.3) is 0 Å². The van der Waals surface area contributed by atoms with Gasteiger partial charge in [-0.3, -0.25) is 9.59 Å². The topological polar surface area (TPSA) is 75.8 Å². The molecular weight excluding hydrogens is 186 g/mol. The van der Waals surface area contributed by atoms with Gasteiger partial charge in [-0.1, -0.05) is 0 Å². The summed E-state index contributed by atoms with van der Waals surface area (Å²) in [7, 11) is 0. The van der Waals surface area contributed by atoms with Crippen LogP contribution in [0.2, 0.25) is 0 Å². The summed E-state index contributed by atoms with van der Waals surface area (Å²) in [6.07, 6.45) is 2.04. The van der Waals surface area contributed by atoms with Crippen molar-refractivity contribution in [3.63, 3.8) is 0 Å². The quantitative estimate of drug-likeness (QED) is 0.632. The van der Waals surface area contributed by atoms with Gasteiger partial charge in [-0.15, -0.1) is 5.01 Å². The van der Waals surface area contributed by atoms with Gasteiger partial charge in [0.15, 0.2) is 6.29 Å². The van der Waals surface area contributed by atoms with E-state index in [1.165, 1.54) is 6.20 Å². The predicted octanol–water partition coefficient (Wildman–Crippen LogP) is 0.275. The molecule has 1 aromatic heterocycles. The SMILES string of the molecule is Cc1cnc(N2N=C(C=O)CC2=O)o1. The monoisotopic (exact) mass is 193 g/mol. The minimum Gasteiger partial charge on any atom is -0.427 e. The third kappa shape index (κ3) is 1.30. The van der Waals surface area contributed by atoms with E-state index in [1.54, 1.807) is 6.92 Å². The maximum atomic E-state index is 11.3. The Morgan fingerprint density at radius 1 is 1.64 bits per heavy atom. The third-order valence-electron chi connectivity index (χ3n) is 1.72. The van der Waals surface area contributed by atoms with Crippen molar-refractivity contribution in [2.75, 3.05) is 5.01 Å². The Labute approximate surface area is 79.2 Å². The van der Waals surface area contributed by atoms with Crippen molar-refractivity contribution in [3.8, 4) is 0 Å². The Balaban J connectivity index is 2.31. The van der Waals surface area contributed by atoms with E-state index in [0.717, 1.165) is 5.01 Å². The Morgan fingerprint density at radius 2 is 2.43 bits per heavy atom. The number of hydrazone groups is 1. The molecule has 1 aliphatic rings. The van der Waals surface area contributed by atoms with Crippen LogP contribution in [0.5, 0.6) is 0 Å². The Kier molecular flexibility index (Phi) is 1.88. The van der Waals surface area contributed by atoms with Crippen LogP contribution in [-0.2, 0) is 9.59 Å². The van der Waals surface area contributed by atoms with Gasteiger partial charge in [-0.25, -0.2) is 0 Å². The number of nitrogens with zero attached hydrogens (tertiary/aromatic N) is 3. The zero-order valence-electron chi connectivity index (χ0n) is 7.43. The lowest BCUT2D eigenvalue weighted by Crippen LogP contribution is -2.19. The number of hydrogen-bond donors (Lipinski definition) is 0. The highest BCUT2D eigenvalue weighted by Gasteiger charge is 2.27. The van der Waals surface area contributed by atoms with Crippen LogP contribution in [0.3, 0.4) is 0 Å². The minimum atomic E-state index is -0.311. The van der Waals surface area contributed by atoms with E-state index >= 15 is 0 Å². The average molecular weight is 193 g/mol. The van der Waals surface area contributed by atoms with Crippen molar-refractivity contribution < 1.29 is 14.0 Å². The van der Waals surface area contributed by atoms with Gasteiger partial charge in [-0.05, 0) is 6.92 Å². The number of rotatable bonds is 2. The molecule has 2 rings (SSSR count). The van der Waals surface area contributed by atoms with Crippen LogP contribution < -0.4 is 5.01 Å². The van der Waals surface area contributed by atoms with Crippen LogP contribution in [0.1, 0.15) is 12.2 Å². The maximum Gasteiger partial charge on any atom is 0.326 e. The normalized spacial score (nSPS) is 15.9. The molecule has 0 radical (unpaired) electrons. The van der Waals surface area contributed by atoms with Gasteiger partial charge in [0.05, 0.1) is 12.6 Å². The molecule has 72 valence electrons. The van der Waals surface area contributed by atoms with Gasteiger partial charge in [0.1, 0.15) is 11.5 Å². The third-order valence-corrected chi connectivity index (χ3v) is 1.72. The van der Waals surface area contributed by atoms with Crippen molar-refractivity contribution >= 4 is 23.9 Å². The van der Waals surface area contributed by atoms with Crippen LogP contribution in [0.4, 0.5) is 6.01 Å². The molecule has 6 heteroatoms. The lowest BCUT2D eigenvalue weighted by molar-refractivity contribution is -0.117. The summed E-state index contributed by atoms with van der Waals surface area (Å²) in [5.41, 5.74) is 0.186. The van der Waals surface area contributed by atoms with E-state index in [1.807, 2.05) is 0 Å². The summed E-state index contributed by atoms with van der Waals surface area (Å²) in [5, 5.41) is 4.74. The number of aryl methyl sites for hydroxylation is 1. The van der Waals surface area contributed by atoms with E-state index in [9.17, 15) is 9.59 Å². The first kappa shape index (κ1) is 8.61. The number of aldehydes is 1. The molecule has 6 nitrogen and oxygen atoms in total. The molecule has 0 unspecified atom stereocenters. The number of carbonyl (C=O) groups is 2. The second kappa shape index (κ2) is 3.06. The molecule has 0 N–H and O–H groups in total. The number of aromatic nitrogens is 1. The van der Waals surface area contributed by atoms with Crippen LogP contribution in [0.15, 0.2) is 15.7 Å². The molecule has 1 aliphatic heterocycles. The highest BCUT2D eigenvalue weighted by Crippen LogP contribution is 2.19. The number of carbonyl (C=O) groups excluding carboxylic acids is 2. The van der Waals surface area contributed by atoms with Gasteiger partial charge < -0.3 is 4.42 Å². The van der Waals surface area contributed by atoms with Gasteiger partial charge in [0.25, 0.3) is 5.91 Å². The fraction of sp³-hybridized carbons (Fsp3) is 0.250. The summed E-state index contributed by atoms with van der Waals surface area (Å²) in [5.74, 6) is 0.275. The summed E-state index contributed by atoms with van der Waals surface area (Å²) < 4.78 is 5.10. The summed E-state index contributed by atoms with van der Waals surface area (Å²) in [6, 6.07) is 0.101. The van der Waals surface area contributed by atoms with E-state index in [-0.39, 0.29) is 24.1 Å². The summed E-state index contributed by atoms with van der Waals surface area (Å²) in [4.78, 5) is 25.5. The Morgan fingerprint density at radius 3 is 2.93 bits per heavy atom. The fourth-order valence-corrected chi connectivity index (χ4v) is 1.10. The minimum absolute atomic E-state index is 0.00489. The van der Waals surface area contributed by atoms with Crippen molar-refractivity contribution in [2.24, 2.45) is 5.10 Å². The molecule has 0 bridgehead atoms. The molecule has 0 aromatic carbocycles. The van der Waals surface area contributed by atoms with Crippen molar-refractivity contribution in [1.82, 2.24) is 4.98 Å². The molecule has 2 heterocycles. The molecule has 0 fully saturated rings. The standard InChI is InChI=1S/C8H7N3O3/c1-5-3-9-8(14-5)11-7(13)2-6(4-12)10-11/h3-4H,2H2,1H3. The van der Waals surface area contributed by atoms with Crippen LogP contribution >= 0.6 is 0 Å². The van der Waals surface area contributed by atoms with Crippen LogP contribution in [-0.4, -0.2) is 22.9 Å². The second-order valence-electron chi connectivity index (χ2n) is 2.84. The number of hydrogen-bond acceptors (Lipinski definition) is 5. The first-order valence-corrected chi connectivity index (χ1v) is 3.99. The first-order chi connectivity index (χ1) is 6.70. The first-order valence-electron chi connectivity index (χ1n) is 3.99. The molecule has 1 aromatic rings. The largest absolute Gasteiger partial charge is 0.427 e. The Bertz CT molecular complexity index is 421. The van der Waals surface area contributed by atoms with Gasteiger partial charge in [0.2, 0.25) is 0 Å². The number of amides is 1. The van der Waals surface area contributed by atoms with E-state index < -0.39 is 0 Å². The van der Waals surface area contributed by atoms with Gasteiger partial charge in [0, 0.05) is 0 Å². The second-order valence-corrected chi connectivity index (χ2v) is 2.84. The molecule has 0 aliphatic carbocycles. The number of oxazole rings is 1. The summed E-state index contributed by atoms with van der Waals surface area (Å²) >= 11 is 0. The van der Waals surface area contributed by atoms with E-state index in [2.05, 4.69) is 10.1 Å². The zero-order valence-corrected chi connectivity index (χ0v) is 7.43. The molecule has 0 saturated heterocycles. The molecule has 0 atom stereocenters. The Hall–Kier alpha value is -1.98. The van der Waals surface area contributed by atoms with Crippen LogP contribution in [0, 0.1) is 6.92 Å². The fourth-order valence-electron chi connectivity index (χ4n) is 1.10. The molecule has 0 saturated carbocycles. The number of anilines is 1. The lowest BCUT2D eigenvalue weighted by atomic mass is 10.3. The highest BCUT2D eigenvalue weighted by atomic mass is 16.4. The lowest BCUT2D eigenvalue weighted by Gasteiger charge is -2.03. The van der Waals surface area contributed by atoms with E-state index in [4.69, 9.17) is 4.42 Å². The molecular formula is C8H7N3O3. The molecule has 1 amide bonds. The summed E-state index contributed by atoms with van der Waals surface area (Å²) in [6.45, 7) is 1.71. The smallest absolute Gasteiger partial charge is 0.326 e. The van der Waals surface area contributed by atoms with Gasteiger partial charge >= 0.3 is 6.01 Å². The maximum absolute atomic E-state index is 11.3. The zero-order chi connectivity index (χ0) is 10.1. The van der Waals surface area contributed by atoms with Crippen molar-refractivity contribution in [2.45, 2.75) is 13.3 Å². The molecule has 14 heavy (non-hydrogen) atoms.